The highest BCUT2D eigenvalue weighted by Gasteiger charge is 1.94. The van der Waals surface area contributed by atoms with E-state index in [1.807, 2.05) is 6.07 Å². The van der Waals surface area contributed by atoms with Gasteiger partial charge < -0.3 is 15.4 Å². The molecule has 0 aromatic carbocycles. The Morgan fingerprint density at radius 3 is 3.10 bits per heavy atom. The molecule has 54 valence electrons. The van der Waals surface area contributed by atoms with Crippen molar-refractivity contribution in [1.29, 1.82) is 0 Å². The first-order valence-electron chi connectivity index (χ1n) is 2.87. The molecular weight excluding hydrogens is 132 g/mol. The second kappa shape index (κ2) is 2.91. The minimum absolute atomic E-state index is 0.360. The minimum atomic E-state index is -0.999. The monoisotopic (exact) mass is 140 g/mol. The lowest BCUT2D eigenvalue weighted by Crippen LogP contribution is -2.19. The van der Waals surface area contributed by atoms with Gasteiger partial charge in [-0.25, -0.2) is 4.79 Å². The predicted molar refractivity (Wildman–Crippen MR) is 35.7 cm³/mol. The van der Waals surface area contributed by atoms with Crippen LogP contribution in [-0.2, 0) is 6.54 Å². The van der Waals surface area contributed by atoms with Crippen LogP contribution >= 0.6 is 0 Å². The van der Waals surface area contributed by atoms with Gasteiger partial charge in [-0.2, -0.15) is 0 Å². The van der Waals surface area contributed by atoms with E-state index in [0.717, 1.165) is 5.56 Å². The molecule has 0 saturated heterocycles. The smallest absolute Gasteiger partial charge is 0.404 e. The highest BCUT2D eigenvalue weighted by atomic mass is 16.4. The van der Waals surface area contributed by atoms with Crippen LogP contribution in [0.25, 0.3) is 0 Å². The lowest BCUT2D eigenvalue weighted by molar-refractivity contribution is 0.194. The molecule has 0 bridgehead atoms. The molecule has 0 spiro atoms. The highest BCUT2D eigenvalue weighted by Crippen LogP contribution is 1.93. The molecule has 1 amide bonds. The van der Waals surface area contributed by atoms with Crippen LogP contribution in [0.3, 0.4) is 0 Å². The molecule has 4 nitrogen and oxygen atoms in total. The number of hydrogen-bond donors (Lipinski definition) is 3. The van der Waals surface area contributed by atoms with E-state index in [0.29, 0.717) is 6.54 Å². The molecule has 0 aliphatic rings. The van der Waals surface area contributed by atoms with E-state index < -0.39 is 6.09 Å². The van der Waals surface area contributed by atoms with Crippen molar-refractivity contribution >= 4 is 6.09 Å². The van der Waals surface area contributed by atoms with Crippen molar-refractivity contribution < 1.29 is 9.90 Å². The minimum Gasteiger partial charge on any atom is -0.465 e. The fourth-order valence-electron chi connectivity index (χ4n) is 0.646. The third kappa shape index (κ3) is 1.81. The molecule has 1 aromatic heterocycles. The molecule has 1 aromatic rings. The Morgan fingerprint density at radius 1 is 1.80 bits per heavy atom. The lowest BCUT2D eigenvalue weighted by Gasteiger charge is -1.94. The Hall–Kier alpha value is -1.45. The van der Waals surface area contributed by atoms with Crippen LogP contribution < -0.4 is 5.32 Å². The van der Waals surface area contributed by atoms with E-state index in [-0.39, 0.29) is 0 Å². The maximum absolute atomic E-state index is 9.97. The Labute approximate surface area is 57.9 Å². The summed E-state index contributed by atoms with van der Waals surface area (Å²) in [6.45, 7) is 0.360. The molecule has 0 aliphatic heterocycles. The third-order valence-corrected chi connectivity index (χ3v) is 1.11. The zero-order valence-corrected chi connectivity index (χ0v) is 5.29. The van der Waals surface area contributed by atoms with Gasteiger partial charge in [-0.15, -0.1) is 0 Å². The average Bonchev–Trinajstić information content (AvgIpc) is 2.34. The Bertz CT molecular complexity index is 206. The van der Waals surface area contributed by atoms with Crippen LogP contribution in [0.5, 0.6) is 0 Å². The van der Waals surface area contributed by atoms with Crippen LogP contribution in [0.15, 0.2) is 18.5 Å². The molecular formula is C6H8N2O2. The van der Waals surface area contributed by atoms with E-state index in [9.17, 15) is 4.79 Å². The van der Waals surface area contributed by atoms with Crippen LogP contribution in [0.2, 0.25) is 0 Å². The third-order valence-electron chi connectivity index (χ3n) is 1.11. The summed E-state index contributed by atoms with van der Waals surface area (Å²) in [5.74, 6) is 0. The Morgan fingerprint density at radius 2 is 2.60 bits per heavy atom. The molecule has 1 rings (SSSR count). The largest absolute Gasteiger partial charge is 0.465 e. The Balaban J connectivity index is 2.35. The molecule has 0 unspecified atom stereocenters. The molecule has 0 radical (unpaired) electrons. The van der Waals surface area contributed by atoms with Crippen molar-refractivity contribution in [3.63, 3.8) is 0 Å². The second-order valence-corrected chi connectivity index (χ2v) is 1.88. The van der Waals surface area contributed by atoms with E-state index >= 15 is 0 Å². The summed E-state index contributed by atoms with van der Waals surface area (Å²) < 4.78 is 0. The van der Waals surface area contributed by atoms with Crippen LogP contribution in [0.4, 0.5) is 4.79 Å². The van der Waals surface area contributed by atoms with Gasteiger partial charge in [0, 0.05) is 18.9 Å². The van der Waals surface area contributed by atoms with Crippen LogP contribution in [0.1, 0.15) is 5.56 Å². The molecule has 10 heavy (non-hydrogen) atoms. The van der Waals surface area contributed by atoms with Gasteiger partial charge in [-0.1, -0.05) is 0 Å². The summed E-state index contributed by atoms with van der Waals surface area (Å²) in [6.07, 6.45) is 2.50. The quantitative estimate of drug-likeness (QED) is 0.568. The number of rotatable bonds is 2. The van der Waals surface area contributed by atoms with Gasteiger partial charge >= 0.3 is 6.09 Å². The summed E-state index contributed by atoms with van der Waals surface area (Å²) in [7, 11) is 0. The van der Waals surface area contributed by atoms with Gasteiger partial charge in [0.15, 0.2) is 0 Å². The summed E-state index contributed by atoms with van der Waals surface area (Å²) in [6, 6.07) is 1.82. The van der Waals surface area contributed by atoms with Crippen molar-refractivity contribution in [2.24, 2.45) is 0 Å². The van der Waals surface area contributed by atoms with Gasteiger partial charge in [-0.05, 0) is 11.6 Å². The number of aromatic nitrogens is 1. The summed E-state index contributed by atoms with van der Waals surface area (Å²) in [5, 5.41) is 10.4. The zero-order chi connectivity index (χ0) is 7.40. The first kappa shape index (κ1) is 6.67. The number of amides is 1. The van der Waals surface area contributed by atoms with Crippen molar-refractivity contribution in [1.82, 2.24) is 10.3 Å². The first-order valence-corrected chi connectivity index (χ1v) is 2.87. The van der Waals surface area contributed by atoms with Crippen molar-refractivity contribution in [2.75, 3.05) is 0 Å². The van der Waals surface area contributed by atoms with Crippen LogP contribution in [0, 0.1) is 0 Å². The van der Waals surface area contributed by atoms with Crippen molar-refractivity contribution in [3.05, 3.63) is 24.0 Å². The van der Waals surface area contributed by atoms with Gasteiger partial charge in [0.05, 0.1) is 0 Å². The number of carbonyl (C=O) groups is 1. The molecule has 0 saturated carbocycles. The lowest BCUT2D eigenvalue weighted by atomic mass is 10.3. The number of carboxylic acid groups (broad SMARTS) is 1. The maximum atomic E-state index is 9.97. The fraction of sp³-hybridized carbons (Fsp3) is 0.167. The van der Waals surface area contributed by atoms with Crippen molar-refractivity contribution in [2.45, 2.75) is 6.54 Å². The fourth-order valence-corrected chi connectivity index (χ4v) is 0.646. The number of H-pyrrole nitrogens is 1. The van der Waals surface area contributed by atoms with Gasteiger partial charge in [0.25, 0.3) is 0 Å². The summed E-state index contributed by atoms with van der Waals surface area (Å²) in [4.78, 5) is 12.8. The van der Waals surface area contributed by atoms with E-state index in [2.05, 4.69) is 10.3 Å². The van der Waals surface area contributed by atoms with Gasteiger partial charge in [0.2, 0.25) is 0 Å². The zero-order valence-electron chi connectivity index (χ0n) is 5.29. The molecule has 1 heterocycles. The molecule has 0 fully saturated rings. The van der Waals surface area contributed by atoms with Crippen LogP contribution in [-0.4, -0.2) is 16.2 Å². The summed E-state index contributed by atoms with van der Waals surface area (Å²) in [5.41, 5.74) is 0.933. The van der Waals surface area contributed by atoms with Gasteiger partial charge in [0.1, 0.15) is 0 Å². The maximum Gasteiger partial charge on any atom is 0.404 e. The van der Waals surface area contributed by atoms with E-state index in [1.165, 1.54) is 0 Å². The van der Waals surface area contributed by atoms with Gasteiger partial charge in [-0.3, -0.25) is 0 Å². The normalized spacial score (nSPS) is 9.20. The predicted octanol–water partition coefficient (Wildman–Crippen LogP) is 0.782. The SMILES string of the molecule is O=C(O)NCc1cc[nH]c1. The van der Waals surface area contributed by atoms with Crippen molar-refractivity contribution in [3.8, 4) is 0 Å². The molecule has 3 N–H and O–H groups in total. The molecule has 4 heteroatoms. The number of hydrogen-bond acceptors (Lipinski definition) is 1. The standard InChI is InChI=1S/C6H8N2O2/c9-6(10)8-4-5-1-2-7-3-5/h1-3,7-8H,4H2,(H,9,10). The van der Waals surface area contributed by atoms with E-state index in [1.54, 1.807) is 12.4 Å². The Kier molecular flexibility index (Phi) is 1.94. The average molecular weight is 140 g/mol. The second-order valence-electron chi connectivity index (χ2n) is 1.88. The number of nitrogens with one attached hydrogen (secondary N) is 2. The highest BCUT2D eigenvalue weighted by molar-refractivity contribution is 5.64. The number of aromatic amines is 1. The summed E-state index contributed by atoms with van der Waals surface area (Å²) >= 11 is 0. The molecule has 0 atom stereocenters. The molecule has 0 aliphatic carbocycles. The topological polar surface area (TPSA) is 65.1 Å². The van der Waals surface area contributed by atoms with E-state index in [4.69, 9.17) is 5.11 Å². The first-order chi connectivity index (χ1) is 4.79.